The summed E-state index contributed by atoms with van der Waals surface area (Å²) in [7, 11) is 1.94. The zero-order valence-electron chi connectivity index (χ0n) is 13.1. The van der Waals surface area contributed by atoms with Gasteiger partial charge in [0.05, 0.1) is 6.54 Å². The Morgan fingerprint density at radius 3 is 2.71 bits per heavy atom. The number of amides is 1. The van der Waals surface area contributed by atoms with Gasteiger partial charge < -0.3 is 4.90 Å². The van der Waals surface area contributed by atoms with Gasteiger partial charge in [-0.1, -0.05) is 13.3 Å². The van der Waals surface area contributed by atoms with E-state index in [1.54, 1.807) is 0 Å². The van der Waals surface area contributed by atoms with Gasteiger partial charge in [0.1, 0.15) is 5.69 Å². The van der Waals surface area contributed by atoms with E-state index in [1.807, 2.05) is 29.8 Å². The highest BCUT2D eigenvalue weighted by Crippen LogP contribution is 2.17. The van der Waals surface area contributed by atoms with E-state index in [-0.39, 0.29) is 5.91 Å². The first-order valence-corrected chi connectivity index (χ1v) is 7.46. The maximum absolute atomic E-state index is 12.1. The number of hydrogen-bond acceptors (Lipinski definition) is 4. The first-order valence-electron chi connectivity index (χ1n) is 7.46. The highest BCUT2D eigenvalue weighted by molar-refractivity contribution is 5.80. The Labute approximate surface area is 126 Å². The summed E-state index contributed by atoms with van der Waals surface area (Å²) >= 11 is 0. The van der Waals surface area contributed by atoms with E-state index in [4.69, 9.17) is 0 Å². The number of likely N-dealkylation sites (N-methyl/N-ethyl adjacent to an activating group) is 1. The lowest BCUT2D eigenvalue weighted by molar-refractivity contribution is -0.136. The lowest BCUT2D eigenvalue weighted by atomic mass is 10.0. The molecular weight excluding hydrogens is 266 g/mol. The third kappa shape index (κ3) is 3.67. The van der Waals surface area contributed by atoms with Crippen LogP contribution in [0.3, 0.4) is 0 Å². The number of aldehydes is 1. The fraction of sp³-hybridized carbons (Fsp3) is 0.562. The van der Waals surface area contributed by atoms with E-state index in [0.717, 1.165) is 36.9 Å². The van der Waals surface area contributed by atoms with Crippen LogP contribution < -0.4 is 0 Å². The molecule has 5 heteroatoms. The molecule has 114 valence electrons. The molecule has 1 fully saturated rings. The number of hydrogen-bond donors (Lipinski definition) is 0. The minimum Gasteiger partial charge on any atom is -0.336 e. The number of piperazine rings is 1. The molecular formula is C16H23N3O2. The van der Waals surface area contributed by atoms with E-state index in [2.05, 4.69) is 11.9 Å². The standard InChI is InChI=1S/C16H23N3O2/c1-4-5-13-8-14(15(11-20)17-12(13)2)9-19-7-6-18(3)10-16(19)21/h8,11H,4-7,9-10H2,1-3H3. The summed E-state index contributed by atoms with van der Waals surface area (Å²) in [4.78, 5) is 31.5. The smallest absolute Gasteiger partial charge is 0.237 e. The highest BCUT2D eigenvalue weighted by atomic mass is 16.2. The summed E-state index contributed by atoms with van der Waals surface area (Å²) in [5.74, 6) is 0.109. The number of rotatable bonds is 5. The van der Waals surface area contributed by atoms with Crippen molar-refractivity contribution >= 4 is 12.2 Å². The van der Waals surface area contributed by atoms with Crippen molar-refractivity contribution in [2.24, 2.45) is 0 Å². The van der Waals surface area contributed by atoms with Crippen molar-refractivity contribution in [2.75, 3.05) is 26.7 Å². The molecule has 5 nitrogen and oxygen atoms in total. The molecule has 21 heavy (non-hydrogen) atoms. The molecule has 1 amide bonds. The molecule has 1 aromatic rings. The predicted molar refractivity (Wildman–Crippen MR) is 81.3 cm³/mol. The van der Waals surface area contributed by atoms with Crippen LogP contribution >= 0.6 is 0 Å². The number of carbonyl (C=O) groups excluding carboxylic acids is 2. The van der Waals surface area contributed by atoms with E-state index in [0.29, 0.717) is 25.3 Å². The highest BCUT2D eigenvalue weighted by Gasteiger charge is 2.22. The molecule has 1 aromatic heterocycles. The van der Waals surface area contributed by atoms with Crippen molar-refractivity contribution in [3.8, 4) is 0 Å². The number of carbonyl (C=O) groups is 2. The Morgan fingerprint density at radius 1 is 1.33 bits per heavy atom. The Hall–Kier alpha value is -1.75. The summed E-state index contributed by atoms with van der Waals surface area (Å²) in [5.41, 5.74) is 3.39. The third-order valence-electron chi connectivity index (χ3n) is 3.93. The van der Waals surface area contributed by atoms with Gasteiger partial charge in [0.15, 0.2) is 6.29 Å². The van der Waals surface area contributed by atoms with Gasteiger partial charge in [0.25, 0.3) is 0 Å². The van der Waals surface area contributed by atoms with Crippen molar-refractivity contribution in [1.82, 2.24) is 14.8 Å². The quantitative estimate of drug-likeness (QED) is 0.770. The van der Waals surface area contributed by atoms with Gasteiger partial charge in [-0.2, -0.15) is 0 Å². The molecule has 1 saturated heterocycles. The monoisotopic (exact) mass is 289 g/mol. The van der Waals surface area contributed by atoms with Crippen molar-refractivity contribution in [2.45, 2.75) is 33.2 Å². The molecule has 0 spiro atoms. The van der Waals surface area contributed by atoms with Crippen molar-refractivity contribution in [3.63, 3.8) is 0 Å². The molecule has 2 rings (SSSR count). The predicted octanol–water partition coefficient (Wildman–Crippen LogP) is 1.43. The zero-order chi connectivity index (χ0) is 15.4. The lowest BCUT2D eigenvalue weighted by Gasteiger charge is -2.32. The average Bonchev–Trinajstić information content (AvgIpc) is 2.45. The maximum Gasteiger partial charge on any atom is 0.237 e. The van der Waals surface area contributed by atoms with E-state index < -0.39 is 0 Å². The Kier molecular flexibility index (Phi) is 5.07. The van der Waals surface area contributed by atoms with Gasteiger partial charge in [-0.15, -0.1) is 0 Å². The van der Waals surface area contributed by atoms with E-state index in [9.17, 15) is 9.59 Å². The maximum atomic E-state index is 12.1. The van der Waals surface area contributed by atoms with E-state index >= 15 is 0 Å². The second-order valence-corrected chi connectivity index (χ2v) is 5.70. The molecule has 0 radical (unpaired) electrons. The van der Waals surface area contributed by atoms with Gasteiger partial charge >= 0.3 is 0 Å². The molecule has 1 aliphatic heterocycles. The van der Waals surface area contributed by atoms with Gasteiger partial charge in [-0.3, -0.25) is 14.5 Å². The third-order valence-corrected chi connectivity index (χ3v) is 3.93. The summed E-state index contributed by atoms with van der Waals surface area (Å²) in [6, 6.07) is 2.04. The Bertz CT molecular complexity index is 543. The molecule has 2 heterocycles. The number of aromatic nitrogens is 1. The topological polar surface area (TPSA) is 53.5 Å². The first-order chi connectivity index (χ1) is 10.0. The molecule has 0 bridgehead atoms. The normalized spacial score (nSPS) is 16.3. The van der Waals surface area contributed by atoms with Crippen LogP contribution in [0.1, 0.15) is 40.7 Å². The van der Waals surface area contributed by atoms with Gasteiger partial charge in [0.2, 0.25) is 5.91 Å². The van der Waals surface area contributed by atoms with Crippen molar-refractivity contribution < 1.29 is 9.59 Å². The van der Waals surface area contributed by atoms with Crippen LogP contribution in [0.25, 0.3) is 0 Å². The molecule has 0 aromatic carbocycles. The molecule has 0 unspecified atom stereocenters. The van der Waals surface area contributed by atoms with Crippen LogP contribution in [-0.4, -0.2) is 53.7 Å². The van der Waals surface area contributed by atoms with Gasteiger partial charge in [-0.05, 0) is 32.0 Å². The second kappa shape index (κ2) is 6.80. The Morgan fingerprint density at radius 2 is 2.10 bits per heavy atom. The zero-order valence-corrected chi connectivity index (χ0v) is 13.1. The van der Waals surface area contributed by atoms with Gasteiger partial charge in [0, 0.05) is 30.9 Å². The average molecular weight is 289 g/mol. The molecule has 0 saturated carbocycles. The second-order valence-electron chi connectivity index (χ2n) is 5.70. The fourth-order valence-corrected chi connectivity index (χ4v) is 2.66. The van der Waals surface area contributed by atoms with Crippen molar-refractivity contribution in [3.05, 3.63) is 28.6 Å². The summed E-state index contributed by atoms with van der Waals surface area (Å²) in [6.07, 6.45) is 2.77. The number of aryl methyl sites for hydroxylation is 2. The first kappa shape index (κ1) is 15.6. The molecule has 0 N–H and O–H groups in total. The summed E-state index contributed by atoms with van der Waals surface area (Å²) in [5, 5.41) is 0. The largest absolute Gasteiger partial charge is 0.336 e. The fourth-order valence-electron chi connectivity index (χ4n) is 2.66. The minimum atomic E-state index is 0.109. The number of nitrogens with zero attached hydrogens (tertiary/aromatic N) is 3. The Balaban J connectivity index is 2.23. The van der Waals surface area contributed by atoms with E-state index in [1.165, 1.54) is 5.56 Å². The van der Waals surface area contributed by atoms with Crippen LogP contribution in [-0.2, 0) is 17.8 Å². The summed E-state index contributed by atoms with van der Waals surface area (Å²) in [6.45, 7) is 6.54. The SMILES string of the molecule is CCCc1cc(CN2CCN(C)CC2=O)c(C=O)nc1C. The van der Waals surface area contributed by atoms with Crippen LogP contribution in [0.5, 0.6) is 0 Å². The minimum absolute atomic E-state index is 0.109. The lowest BCUT2D eigenvalue weighted by Crippen LogP contribution is -2.48. The van der Waals surface area contributed by atoms with Crippen LogP contribution in [0.4, 0.5) is 0 Å². The van der Waals surface area contributed by atoms with Crippen LogP contribution in [0, 0.1) is 6.92 Å². The van der Waals surface area contributed by atoms with Crippen LogP contribution in [0.2, 0.25) is 0 Å². The number of pyridine rings is 1. The molecule has 0 aliphatic carbocycles. The molecule has 0 atom stereocenters. The van der Waals surface area contributed by atoms with Crippen LogP contribution in [0.15, 0.2) is 6.07 Å². The summed E-state index contributed by atoms with van der Waals surface area (Å²) < 4.78 is 0. The molecule has 1 aliphatic rings. The van der Waals surface area contributed by atoms with Gasteiger partial charge in [-0.25, -0.2) is 4.98 Å². The van der Waals surface area contributed by atoms with Crippen molar-refractivity contribution in [1.29, 1.82) is 0 Å².